The number of carbonyl (C=O) groups excluding carboxylic acids is 1. The molecule has 1 aliphatic rings. The molecule has 0 fully saturated rings. The SMILES string of the molecule is CCOC(=O)c1c(CSc2ccccc2)n(C)c2cc(-c3cccnc3)c3c(c12)CN(C)CO3. The molecule has 0 atom stereocenters. The topological polar surface area (TPSA) is 56.6 Å². The molecular weight excluding hydrogens is 446 g/mol. The fourth-order valence-electron chi connectivity index (χ4n) is 4.51. The highest BCUT2D eigenvalue weighted by Crippen LogP contribution is 2.44. The van der Waals surface area contributed by atoms with Crippen molar-refractivity contribution in [3.63, 3.8) is 0 Å². The average Bonchev–Trinajstić information content (AvgIpc) is 3.15. The van der Waals surface area contributed by atoms with Crippen LogP contribution in [0.15, 0.2) is 65.8 Å². The summed E-state index contributed by atoms with van der Waals surface area (Å²) in [5.74, 6) is 1.18. The van der Waals surface area contributed by atoms with Crippen LogP contribution in [0.1, 0.15) is 28.5 Å². The third-order valence-corrected chi connectivity index (χ3v) is 7.11. The van der Waals surface area contributed by atoms with Gasteiger partial charge in [0.05, 0.1) is 17.7 Å². The lowest BCUT2D eigenvalue weighted by Crippen LogP contribution is -2.28. The fraction of sp³-hybridized carbons (Fsp3) is 0.259. The number of thioether (sulfide) groups is 1. The van der Waals surface area contributed by atoms with Gasteiger partial charge in [-0.2, -0.15) is 0 Å². The summed E-state index contributed by atoms with van der Waals surface area (Å²) in [7, 11) is 4.05. The molecule has 6 nitrogen and oxygen atoms in total. The van der Waals surface area contributed by atoms with Gasteiger partial charge in [-0.25, -0.2) is 4.79 Å². The number of aromatic nitrogens is 2. The van der Waals surface area contributed by atoms with E-state index in [1.165, 1.54) is 0 Å². The van der Waals surface area contributed by atoms with Crippen LogP contribution in [0.5, 0.6) is 5.75 Å². The zero-order chi connectivity index (χ0) is 23.7. The molecule has 2 aromatic heterocycles. The van der Waals surface area contributed by atoms with Crippen molar-refractivity contribution < 1.29 is 14.3 Å². The Kier molecular flexibility index (Phi) is 6.30. The summed E-state index contributed by atoms with van der Waals surface area (Å²) in [4.78, 5) is 20.9. The molecule has 174 valence electrons. The molecule has 4 aromatic rings. The predicted molar refractivity (Wildman–Crippen MR) is 135 cm³/mol. The number of ether oxygens (including phenoxy) is 2. The van der Waals surface area contributed by atoms with Crippen LogP contribution in [0.4, 0.5) is 0 Å². The van der Waals surface area contributed by atoms with Crippen molar-refractivity contribution in [1.29, 1.82) is 0 Å². The molecule has 1 aliphatic heterocycles. The molecule has 0 radical (unpaired) electrons. The van der Waals surface area contributed by atoms with Crippen LogP contribution in [0.3, 0.4) is 0 Å². The van der Waals surface area contributed by atoms with Crippen molar-refractivity contribution in [3.05, 3.63) is 77.7 Å². The lowest BCUT2D eigenvalue weighted by Gasteiger charge is -2.28. The van der Waals surface area contributed by atoms with Gasteiger partial charge in [0.2, 0.25) is 0 Å². The van der Waals surface area contributed by atoms with E-state index in [2.05, 4.69) is 32.7 Å². The Morgan fingerprint density at radius 1 is 1.18 bits per heavy atom. The third kappa shape index (κ3) is 4.06. The van der Waals surface area contributed by atoms with Gasteiger partial charge in [0.1, 0.15) is 12.5 Å². The van der Waals surface area contributed by atoms with E-state index in [1.54, 1.807) is 18.0 Å². The maximum absolute atomic E-state index is 13.3. The van der Waals surface area contributed by atoms with Crippen molar-refractivity contribution in [1.82, 2.24) is 14.5 Å². The Balaban J connectivity index is 1.75. The zero-order valence-corrected chi connectivity index (χ0v) is 20.4. The monoisotopic (exact) mass is 473 g/mol. The van der Waals surface area contributed by atoms with Crippen LogP contribution in [0.25, 0.3) is 22.0 Å². The molecule has 0 spiro atoms. The van der Waals surface area contributed by atoms with Gasteiger partial charge < -0.3 is 14.0 Å². The Morgan fingerprint density at radius 2 is 2.00 bits per heavy atom. The van der Waals surface area contributed by atoms with Gasteiger partial charge >= 0.3 is 5.97 Å². The maximum Gasteiger partial charge on any atom is 0.340 e. The minimum atomic E-state index is -0.290. The molecule has 0 aliphatic carbocycles. The summed E-state index contributed by atoms with van der Waals surface area (Å²) in [6.45, 7) is 3.34. The highest BCUT2D eigenvalue weighted by molar-refractivity contribution is 7.98. The molecule has 34 heavy (non-hydrogen) atoms. The summed E-state index contributed by atoms with van der Waals surface area (Å²) in [5.41, 5.74) is 5.56. The molecule has 0 bridgehead atoms. The molecule has 5 rings (SSSR count). The van der Waals surface area contributed by atoms with Crippen molar-refractivity contribution >= 4 is 28.6 Å². The van der Waals surface area contributed by atoms with Crippen molar-refractivity contribution in [2.24, 2.45) is 7.05 Å². The molecule has 0 amide bonds. The molecule has 0 saturated carbocycles. The molecule has 0 unspecified atom stereocenters. The Hall–Kier alpha value is -3.29. The van der Waals surface area contributed by atoms with E-state index in [1.807, 2.05) is 57.5 Å². The van der Waals surface area contributed by atoms with Gasteiger partial charge in [0.25, 0.3) is 0 Å². The first-order chi connectivity index (χ1) is 16.6. The number of rotatable bonds is 6. The number of esters is 1. The van der Waals surface area contributed by atoms with Crippen LogP contribution in [0, 0.1) is 0 Å². The number of carbonyl (C=O) groups is 1. The number of aryl methyl sites for hydroxylation is 1. The van der Waals surface area contributed by atoms with E-state index in [9.17, 15) is 4.79 Å². The minimum Gasteiger partial charge on any atom is -0.477 e. The van der Waals surface area contributed by atoms with E-state index >= 15 is 0 Å². The number of fused-ring (bicyclic) bond motifs is 3. The Labute approximate surface area is 203 Å². The number of hydrogen-bond donors (Lipinski definition) is 0. The van der Waals surface area contributed by atoms with E-state index < -0.39 is 0 Å². The lowest BCUT2D eigenvalue weighted by atomic mass is 9.96. The van der Waals surface area contributed by atoms with E-state index in [4.69, 9.17) is 9.47 Å². The second-order valence-electron chi connectivity index (χ2n) is 8.36. The quantitative estimate of drug-likeness (QED) is 0.273. The summed E-state index contributed by atoms with van der Waals surface area (Å²) < 4.78 is 13.9. The number of nitrogens with zero attached hydrogens (tertiary/aromatic N) is 3. The van der Waals surface area contributed by atoms with Gasteiger partial charge in [-0.3, -0.25) is 9.88 Å². The normalized spacial score (nSPS) is 13.5. The van der Waals surface area contributed by atoms with Crippen LogP contribution < -0.4 is 4.74 Å². The van der Waals surface area contributed by atoms with Crippen LogP contribution in [-0.2, 0) is 24.1 Å². The van der Waals surface area contributed by atoms with Gasteiger partial charge in [-0.15, -0.1) is 11.8 Å². The minimum absolute atomic E-state index is 0.290. The predicted octanol–water partition coefficient (Wildman–Crippen LogP) is 5.49. The first-order valence-corrected chi connectivity index (χ1v) is 12.3. The van der Waals surface area contributed by atoms with Crippen molar-refractivity contribution in [2.75, 3.05) is 20.4 Å². The molecule has 2 aromatic carbocycles. The van der Waals surface area contributed by atoms with Crippen LogP contribution >= 0.6 is 11.8 Å². The largest absolute Gasteiger partial charge is 0.477 e. The van der Waals surface area contributed by atoms with Crippen LogP contribution in [0.2, 0.25) is 0 Å². The molecule has 7 heteroatoms. The zero-order valence-electron chi connectivity index (χ0n) is 19.6. The second-order valence-corrected chi connectivity index (χ2v) is 9.41. The average molecular weight is 474 g/mol. The summed E-state index contributed by atoms with van der Waals surface area (Å²) in [6.07, 6.45) is 3.62. The van der Waals surface area contributed by atoms with E-state index in [0.717, 1.165) is 43.9 Å². The van der Waals surface area contributed by atoms with Gasteiger partial charge in [-0.05, 0) is 38.2 Å². The highest BCUT2D eigenvalue weighted by Gasteiger charge is 2.30. The maximum atomic E-state index is 13.3. The van der Waals surface area contributed by atoms with E-state index in [0.29, 0.717) is 31.2 Å². The molecule has 0 saturated heterocycles. The number of pyridine rings is 1. The lowest BCUT2D eigenvalue weighted by molar-refractivity contribution is 0.0527. The third-order valence-electron chi connectivity index (χ3n) is 6.09. The van der Waals surface area contributed by atoms with E-state index in [-0.39, 0.29) is 5.97 Å². The summed E-state index contributed by atoms with van der Waals surface area (Å²) >= 11 is 1.71. The standard InChI is InChI=1S/C27H27N3O3S/c1-4-32-27(31)25-23(16-34-19-10-6-5-7-11-19)30(3)22-13-20(18-9-8-12-28-14-18)26-21(24(22)25)15-29(2)17-33-26/h5-14H,4,15-17H2,1-3H3. The molecule has 0 N–H and O–H groups in total. The van der Waals surface area contributed by atoms with Gasteiger partial charge in [0.15, 0.2) is 0 Å². The Bertz CT molecular complexity index is 1340. The highest BCUT2D eigenvalue weighted by atomic mass is 32.2. The number of benzene rings is 2. The first kappa shape index (κ1) is 22.5. The fourth-order valence-corrected chi connectivity index (χ4v) is 5.50. The van der Waals surface area contributed by atoms with Gasteiger partial charge in [0, 0.05) is 64.4 Å². The number of hydrogen-bond acceptors (Lipinski definition) is 6. The van der Waals surface area contributed by atoms with Gasteiger partial charge in [-0.1, -0.05) is 24.3 Å². The first-order valence-electron chi connectivity index (χ1n) is 11.3. The smallest absolute Gasteiger partial charge is 0.340 e. The molecular formula is C27H27N3O3S. The summed E-state index contributed by atoms with van der Waals surface area (Å²) in [6, 6.07) is 16.3. The van der Waals surface area contributed by atoms with Crippen molar-refractivity contribution in [3.8, 4) is 16.9 Å². The Morgan fingerprint density at radius 3 is 2.74 bits per heavy atom. The second kappa shape index (κ2) is 9.52. The van der Waals surface area contributed by atoms with Crippen LogP contribution in [-0.4, -0.2) is 40.8 Å². The van der Waals surface area contributed by atoms with Crippen molar-refractivity contribution in [2.45, 2.75) is 24.1 Å². The molecule has 3 heterocycles. The summed E-state index contributed by atoms with van der Waals surface area (Å²) in [5, 5.41) is 0.916.